The standard InChI is InChI=1S/C21H39N5O3/c1-9-17-16(18(10-2)29-25-17)14-24-19(22-11-3)23-13-12-15(4)26(8)20(27)28-21(5,6)7/h15H,9-14H2,1-8H3,(H2,22,23,24). The van der Waals surface area contributed by atoms with Crippen LogP contribution >= 0.6 is 0 Å². The lowest BCUT2D eigenvalue weighted by molar-refractivity contribution is 0.0230. The maximum Gasteiger partial charge on any atom is 0.410 e. The minimum absolute atomic E-state index is 0.0386. The van der Waals surface area contributed by atoms with E-state index in [-0.39, 0.29) is 12.1 Å². The van der Waals surface area contributed by atoms with Gasteiger partial charge in [0.15, 0.2) is 5.96 Å². The van der Waals surface area contributed by atoms with Gasteiger partial charge < -0.3 is 24.8 Å². The molecule has 1 heterocycles. The van der Waals surface area contributed by atoms with Gasteiger partial charge in [-0.1, -0.05) is 19.0 Å². The van der Waals surface area contributed by atoms with Gasteiger partial charge in [-0.15, -0.1) is 0 Å². The summed E-state index contributed by atoms with van der Waals surface area (Å²) in [5.41, 5.74) is 1.55. The normalized spacial score (nSPS) is 13.2. The number of aromatic nitrogens is 1. The number of hydrogen-bond acceptors (Lipinski definition) is 5. The molecular formula is C21H39N5O3. The summed E-state index contributed by atoms with van der Waals surface area (Å²) in [4.78, 5) is 18.5. The van der Waals surface area contributed by atoms with Crippen LogP contribution in [0.2, 0.25) is 0 Å². The van der Waals surface area contributed by atoms with Gasteiger partial charge in [0.05, 0.1) is 12.2 Å². The molecule has 0 fully saturated rings. The summed E-state index contributed by atoms with van der Waals surface area (Å²) < 4.78 is 10.8. The van der Waals surface area contributed by atoms with E-state index in [9.17, 15) is 4.79 Å². The lowest BCUT2D eigenvalue weighted by atomic mass is 10.1. The van der Waals surface area contributed by atoms with E-state index in [4.69, 9.17) is 9.26 Å². The molecule has 8 heteroatoms. The van der Waals surface area contributed by atoms with Crippen molar-refractivity contribution in [1.82, 2.24) is 20.7 Å². The van der Waals surface area contributed by atoms with Crippen LogP contribution in [0.15, 0.2) is 9.52 Å². The Bertz CT molecular complexity index is 642. The molecule has 1 rings (SSSR count). The molecule has 1 amide bonds. The molecule has 166 valence electrons. The average Bonchev–Trinajstić information content (AvgIpc) is 3.05. The van der Waals surface area contributed by atoms with E-state index < -0.39 is 5.60 Å². The van der Waals surface area contributed by atoms with Crippen molar-refractivity contribution in [3.63, 3.8) is 0 Å². The second-order valence-corrected chi connectivity index (χ2v) is 8.09. The summed E-state index contributed by atoms with van der Waals surface area (Å²) in [6, 6.07) is 0.0386. The molecule has 1 unspecified atom stereocenters. The number of ether oxygens (including phenoxy) is 1. The number of carbonyl (C=O) groups is 1. The highest BCUT2D eigenvalue weighted by Gasteiger charge is 2.22. The molecule has 29 heavy (non-hydrogen) atoms. The minimum Gasteiger partial charge on any atom is -0.444 e. The predicted octanol–water partition coefficient (Wildman–Crippen LogP) is 3.50. The highest BCUT2D eigenvalue weighted by molar-refractivity contribution is 5.79. The fourth-order valence-electron chi connectivity index (χ4n) is 2.72. The fraction of sp³-hybridized carbons (Fsp3) is 0.762. The Hall–Kier alpha value is -2.25. The number of nitrogens with one attached hydrogen (secondary N) is 2. The second-order valence-electron chi connectivity index (χ2n) is 8.09. The van der Waals surface area contributed by atoms with E-state index in [1.165, 1.54) is 0 Å². The molecule has 0 aliphatic heterocycles. The Kier molecular flexibility index (Phi) is 9.98. The van der Waals surface area contributed by atoms with Gasteiger partial charge in [0.25, 0.3) is 0 Å². The molecule has 0 aromatic carbocycles. The first-order valence-corrected chi connectivity index (χ1v) is 10.6. The lowest BCUT2D eigenvalue weighted by Crippen LogP contribution is -2.42. The zero-order valence-electron chi connectivity index (χ0n) is 19.4. The first-order chi connectivity index (χ1) is 13.6. The fourth-order valence-corrected chi connectivity index (χ4v) is 2.72. The predicted molar refractivity (Wildman–Crippen MR) is 116 cm³/mol. The van der Waals surface area contributed by atoms with Crippen molar-refractivity contribution < 1.29 is 14.1 Å². The van der Waals surface area contributed by atoms with Gasteiger partial charge in [-0.3, -0.25) is 0 Å². The van der Waals surface area contributed by atoms with E-state index in [0.29, 0.717) is 13.1 Å². The van der Waals surface area contributed by atoms with Gasteiger partial charge in [-0.2, -0.15) is 0 Å². The smallest absolute Gasteiger partial charge is 0.410 e. The number of carbonyl (C=O) groups excluding carboxylic acids is 1. The molecular weight excluding hydrogens is 370 g/mol. The van der Waals surface area contributed by atoms with Crippen LogP contribution in [-0.4, -0.2) is 53.9 Å². The van der Waals surface area contributed by atoms with Gasteiger partial charge >= 0.3 is 6.09 Å². The van der Waals surface area contributed by atoms with Crippen molar-refractivity contribution in [3.05, 3.63) is 17.0 Å². The number of nitrogens with zero attached hydrogens (tertiary/aromatic N) is 3. The van der Waals surface area contributed by atoms with Crippen LogP contribution in [0.25, 0.3) is 0 Å². The van der Waals surface area contributed by atoms with Crippen LogP contribution in [0, 0.1) is 0 Å². The number of aryl methyl sites for hydroxylation is 2. The molecule has 2 N–H and O–H groups in total. The monoisotopic (exact) mass is 409 g/mol. The Balaban J connectivity index is 2.63. The molecule has 0 aliphatic rings. The van der Waals surface area contributed by atoms with Crippen molar-refractivity contribution in [2.45, 2.75) is 85.9 Å². The van der Waals surface area contributed by atoms with Gasteiger partial charge in [-0.25, -0.2) is 9.79 Å². The SMILES string of the molecule is CCNC(=NCc1c(CC)noc1CC)NCCC(C)N(C)C(=O)OC(C)(C)C. The molecule has 0 saturated carbocycles. The van der Waals surface area contributed by atoms with Crippen LogP contribution in [0.4, 0.5) is 4.79 Å². The number of guanidine groups is 1. The van der Waals surface area contributed by atoms with Crippen LogP contribution < -0.4 is 10.6 Å². The molecule has 0 saturated heterocycles. The Morgan fingerprint density at radius 2 is 1.93 bits per heavy atom. The summed E-state index contributed by atoms with van der Waals surface area (Å²) in [5, 5.41) is 10.7. The van der Waals surface area contributed by atoms with Crippen molar-refractivity contribution in [3.8, 4) is 0 Å². The lowest BCUT2D eigenvalue weighted by Gasteiger charge is -2.28. The van der Waals surface area contributed by atoms with Gasteiger partial charge in [-0.05, 0) is 47.5 Å². The first-order valence-electron chi connectivity index (χ1n) is 10.6. The summed E-state index contributed by atoms with van der Waals surface area (Å²) in [6.07, 6.45) is 2.09. The highest BCUT2D eigenvalue weighted by Crippen LogP contribution is 2.17. The van der Waals surface area contributed by atoms with E-state index in [0.717, 1.165) is 48.8 Å². The maximum atomic E-state index is 12.2. The van der Waals surface area contributed by atoms with E-state index in [1.54, 1.807) is 11.9 Å². The second kappa shape index (κ2) is 11.7. The highest BCUT2D eigenvalue weighted by atomic mass is 16.6. The Morgan fingerprint density at radius 1 is 1.24 bits per heavy atom. The zero-order chi connectivity index (χ0) is 22.0. The van der Waals surface area contributed by atoms with Gasteiger partial charge in [0.1, 0.15) is 11.4 Å². The number of rotatable bonds is 9. The van der Waals surface area contributed by atoms with Crippen molar-refractivity contribution in [2.24, 2.45) is 4.99 Å². The molecule has 0 bridgehead atoms. The zero-order valence-corrected chi connectivity index (χ0v) is 19.4. The summed E-state index contributed by atoms with van der Waals surface area (Å²) >= 11 is 0. The van der Waals surface area contributed by atoms with E-state index in [2.05, 4.69) is 34.6 Å². The van der Waals surface area contributed by atoms with Crippen LogP contribution in [0.3, 0.4) is 0 Å². The van der Waals surface area contributed by atoms with E-state index >= 15 is 0 Å². The van der Waals surface area contributed by atoms with Crippen LogP contribution in [-0.2, 0) is 24.1 Å². The van der Waals surface area contributed by atoms with Gasteiger partial charge in [0, 0.05) is 38.2 Å². The summed E-state index contributed by atoms with van der Waals surface area (Å²) in [5.74, 6) is 1.64. The average molecular weight is 410 g/mol. The summed E-state index contributed by atoms with van der Waals surface area (Å²) in [7, 11) is 1.77. The van der Waals surface area contributed by atoms with Crippen LogP contribution in [0.5, 0.6) is 0 Å². The number of hydrogen-bond donors (Lipinski definition) is 2. The Morgan fingerprint density at radius 3 is 2.48 bits per heavy atom. The molecule has 8 nitrogen and oxygen atoms in total. The summed E-state index contributed by atoms with van der Waals surface area (Å²) in [6.45, 7) is 15.7. The third kappa shape index (κ3) is 8.33. The molecule has 1 aromatic rings. The maximum absolute atomic E-state index is 12.2. The third-order valence-corrected chi connectivity index (χ3v) is 4.54. The van der Waals surface area contributed by atoms with Gasteiger partial charge in [0.2, 0.25) is 0 Å². The topological polar surface area (TPSA) is 92.0 Å². The third-order valence-electron chi connectivity index (χ3n) is 4.54. The largest absolute Gasteiger partial charge is 0.444 e. The first kappa shape index (κ1) is 24.8. The molecule has 0 radical (unpaired) electrons. The quantitative estimate of drug-likeness (QED) is 0.479. The molecule has 0 spiro atoms. The molecule has 1 aromatic heterocycles. The molecule has 1 atom stereocenters. The number of aliphatic imine (C=N–C) groups is 1. The van der Waals surface area contributed by atoms with Crippen molar-refractivity contribution in [1.29, 1.82) is 0 Å². The molecule has 0 aliphatic carbocycles. The van der Waals surface area contributed by atoms with Crippen molar-refractivity contribution >= 4 is 12.1 Å². The minimum atomic E-state index is -0.495. The number of amides is 1. The van der Waals surface area contributed by atoms with Crippen LogP contribution in [0.1, 0.15) is 71.9 Å². The Labute approximate surface area is 175 Å². The van der Waals surface area contributed by atoms with E-state index in [1.807, 2.05) is 34.6 Å². The van der Waals surface area contributed by atoms with Crippen molar-refractivity contribution in [2.75, 3.05) is 20.1 Å².